The van der Waals surface area contributed by atoms with Gasteiger partial charge in [-0.2, -0.15) is 0 Å². The molecule has 0 bridgehead atoms. The lowest BCUT2D eigenvalue weighted by Crippen LogP contribution is -2.05. The predicted octanol–water partition coefficient (Wildman–Crippen LogP) is 0.381. The molecule has 0 fully saturated rings. The van der Waals surface area contributed by atoms with Gasteiger partial charge in [0.25, 0.3) is 0 Å². The number of hydrogen-bond donors (Lipinski definition) is 2. The Kier molecular flexibility index (Phi) is 2.91. The van der Waals surface area contributed by atoms with Crippen molar-refractivity contribution < 1.29 is 0 Å². The molecule has 0 spiro atoms. The van der Waals surface area contributed by atoms with Crippen LogP contribution in [0.5, 0.6) is 0 Å². The second-order valence-electron chi connectivity index (χ2n) is 0.574. The Bertz CT molecular complexity index is 91.5. The number of terminal acetylenes is 1. The lowest BCUT2D eigenvalue weighted by molar-refractivity contribution is 1.44. The van der Waals surface area contributed by atoms with Gasteiger partial charge in [0.15, 0.2) is 0 Å². The summed E-state index contributed by atoms with van der Waals surface area (Å²) in [6.07, 6.45) is 4.73. The van der Waals surface area contributed by atoms with Gasteiger partial charge in [-0.1, -0.05) is 18.6 Å². The normalized spacial score (nSPS) is 6.00. The summed E-state index contributed by atoms with van der Waals surface area (Å²) in [4.78, 5) is 0. The Morgan fingerprint density at radius 2 is 2.50 bits per heavy atom. The van der Waals surface area contributed by atoms with Crippen molar-refractivity contribution in [3.05, 3.63) is 0 Å². The molecule has 0 saturated heterocycles. The van der Waals surface area contributed by atoms with Crippen LogP contribution in [0.2, 0.25) is 0 Å². The van der Waals surface area contributed by atoms with Crippen molar-refractivity contribution >= 4 is 29.2 Å². The molecule has 32 valence electrons. The van der Waals surface area contributed by atoms with Crippen molar-refractivity contribution in [1.82, 2.24) is 5.32 Å². The highest BCUT2D eigenvalue weighted by Crippen LogP contribution is 1.71. The molecule has 0 aliphatic heterocycles. The van der Waals surface area contributed by atoms with E-state index in [2.05, 4.69) is 36.2 Å². The Hall–Kier alpha value is -0.200. The van der Waals surface area contributed by atoms with Gasteiger partial charge >= 0.3 is 0 Å². The summed E-state index contributed by atoms with van der Waals surface area (Å²) in [5.74, 6) is 0. The maximum Gasteiger partial charge on any atom is 0.142 e. The van der Waals surface area contributed by atoms with Gasteiger partial charge in [0.1, 0.15) is 4.32 Å². The molecule has 0 amide bonds. The third-order valence-corrected chi connectivity index (χ3v) is 0.393. The van der Waals surface area contributed by atoms with E-state index in [1.165, 1.54) is 0 Å². The molecule has 0 aromatic carbocycles. The van der Waals surface area contributed by atoms with Gasteiger partial charge in [-0.25, -0.2) is 0 Å². The molecule has 0 aliphatic carbocycles. The second-order valence-corrected chi connectivity index (χ2v) is 1.73. The molecular weight excluding hydrogens is 114 g/mol. The standard InChI is InChI=1S/C3H3NS2/c1-2-4-3(5)6/h1H,(H2,4,5,6). The van der Waals surface area contributed by atoms with Gasteiger partial charge in [0, 0.05) is 6.04 Å². The van der Waals surface area contributed by atoms with Crippen molar-refractivity contribution in [2.45, 2.75) is 0 Å². The monoisotopic (exact) mass is 117 g/mol. The van der Waals surface area contributed by atoms with Gasteiger partial charge in [0.2, 0.25) is 0 Å². The van der Waals surface area contributed by atoms with Crippen molar-refractivity contribution in [2.75, 3.05) is 0 Å². The van der Waals surface area contributed by atoms with Crippen LogP contribution in [0, 0.1) is 12.5 Å². The Balaban J connectivity index is 3.13. The largest absolute Gasteiger partial charge is 0.301 e. The first-order valence-electron chi connectivity index (χ1n) is 1.22. The summed E-state index contributed by atoms with van der Waals surface area (Å²) >= 11 is 8.06. The van der Waals surface area contributed by atoms with Crippen LogP contribution in [0.3, 0.4) is 0 Å². The summed E-state index contributed by atoms with van der Waals surface area (Å²) < 4.78 is 0.331. The number of hydrogen-bond acceptors (Lipinski definition) is 1. The summed E-state index contributed by atoms with van der Waals surface area (Å²) in [6, 6.07) is 2.10. The first-order valence-corrected chi connectivity index (χ1v) is 2.07. The molecule has 0 saturated carbocycles. The van der Waals surface area contributed by atoms with E-state index in [4.69, 9.17) is 6.42 Å². The van der Waals surface area contributed by atoms with Crippen LogP contribution in [-0.2, 0) is 0 Å². The highest BCUT2D eigenvalue weighted by Gasteiger charge is 1.71. The fraction of sp³-hybridized carbons (Fsp3) is 0. The molecule has 0 radical (unpaired) electrons. The second kappa shape index (κ2) is 3.01. The number of rotatable bonds is 0. The minimum Gasteiger partial charge on any atom is -0.301 e. The zero-order valence-corrected chi connectivity index (χ0v) is 4.64. The maximum atomic E-state index is 4.73. The van der Waals surface area contributed by atoms with E-state index in [9.17, 15) is 0 Å². The van der Waals surface area contributed by atoms with Crippen molar-refractivity contribution in [2.24, 2.45) is 0 Å². The van der Waals surface area contributed by atoms with E-state index in [-0.39, 0.29) is 0 Å². The molecule has 0 rings (SSSR count). The lowest BCUT2D eigenvalue weighted by atomic mass is 11.1. The van der Waals surface area contributed by atoms with Crippen LogP contribution in [0.4, 0.5) is 0 Å². The van der Waals surface area contributed by atoms with E-state index in [1.54, 1.807) is 0 Å². The molecule has 0 aliphatic rings. The third kappa shape index (κ3) is 3.80. The molecule has 0 atom stereocenters. The lowest BCUT2D eigenvalue weighted by Gasteiger charge is -1.82. The zero-order valence-electron chi connectivity index (χ0n) is 2.93. The quantitative estimate of drug-likeness (QED) is 0.206. The fourth-order valence-electron chi connectivity index (χ4n) is 0.0617. The molecule has 1 nitrogen and oxygen atoms in total. The molecule has 0 unspecified atom stereocenters. The van der Waals surface area contributed by atoms with Crippen molar-refractivity contribution in [1.29, 1.82) is 0 Å². The van der Waals surface area contributed by atoms with Gasteiger partial charge in [-0.15, -0.1) is 12.6 Å². The Labute approximate surface area is 47.5 Å². The smallest absolute Gasteiger partial charge is 0.142 e. The van der Waals surface area contributed by atoms with Gasteiger partial charge < -0.3 is 5.32 Å². The van der Waals surface area contributed by atoms with Crippen molar-refractivity contribution in [3.8, 4) is 12.5 Å². The molecular formula is C3H3NS2. The van der Waals surface area contributed by atoms with Crippen molar-refractivity contribution in [3.63, 3.8) is 0 Å². The average Bonchev–Trinajstić information content (AvgIpc) is 1.35. The van der Waals surface area contributed by atoms with E-state index >= 15 is 0 Å². The van der Waals surface area contributed by atoms with Gasteiger partial charge in [-0.05, 0) is 0 Å². The summed E-state index contributed by atoms with van der Waals surface area (Å²) in [5, 5.41) is 2.33. The number of thiocarbonyl (C=S) groups is 1. The minimum atomic E-state index is 0.331. The summed E-state index contributed by atoms with van der Waals surface area (Å²) in [7, 11) is 0. The molecule has 0 aromatic heterocycles. The van der Waals surface area contributed by atoms with E-state index in [0.717, 1.165) is 0 Å². The van der Waals surface area contributed by atoms with E-state index in [0.29, 0.717) is 4.32 Å². The van der Waals surface area contributed by atoms with Crippen LogP contribution in [0.15, 0.2) is 0 Å². The van der Waals surface area contributed by atoms with E-state index in [1.807, 2.05) is 0 Å². The van der Waals surface area contributed by atoms with Crippen LogP contribution in [0.1, 0.15) is 0 Å². The third-order valence-electron chi connectivity index (χ3n) is 0.179. The van der Waals surface area contributed by atoms with Crippen LogP contribution >= 0.6 is 24.8 Å². The molecule has 0 aromatic rings. The van der Waals surface area contributed by atoms with Gasteiger partial charge in [0.05, 0.1) is 0 Å². The first-order chi connectivity index (χ1) is 2.77. The first kappa shape index (κ1) is 5.80. The number of thiol groups is 1. The minimum absolute atomic E-state index is 0.331. The topological polar surface area (TPSA) is 12.0 Å². The van der Waals surface area contributed by atoms with Crippen LogP contribution in [0.25, 0.3) is 0 Å². The average molecular weight is 117 g/mol. The fourth-order valence-corrected chi connectivity index (χ4v) is 0.185. The SMILES string of the molecule is C#CNC(=S)S. The Morgan fingerprint density at radius 3 is 2.50 bits per heavy atom. The summed E-state index contributed by atoms with van der Waals surface area (Å²) in [5.41, 5.74) is 0. The highest BCUT2D eigenvalue weighted by atomic mass is 32.1. The highest BCUT2D eigenvalue weighted by molar-refractivity contribution is 8.11. The van der Waals surface area contributed by atoms with Gasteiger partial charge in [-0.3, -0.25) is 0 Å². The maximum absolute atomic E-state index is 4.73. The molecule has 0 heterocycles. The predicted molar refractivity (Wildman–Crippen MR) is 33.6 cm³/mol. The Morgan fingerprint density at radius 1 is 2.00 bits per heavy atom. The number of nitrogens with one attached hydrogen (secondary N) is 1. The molecule has 1 N–H and O–H groups in total. The van der Waals surface area contributed by atoms with Crippen LogP contribution < -0.4 is 5.32 Å². The van der Waals surface area contributed by atoms with E-state index < -0.39 is 0 Å². The van der Waals surface area contributed by atoms with Crippen LogP contribution in [-0.4, -0.2) is 4.32 Å². The summed E-state index contributed by atoms with van der Waals surface area (Å²) in [6.45, 7) is 0. The zero-order chi connectivity index (χ0) is 4.99. The molecule has 3 heteroatoms. The molecule has 6 heavy (non-hydrogen) atoms.